The van der Waals surface area contributed by atoms with E-state index in [1.54, 1.807) is 19.3 Å². The van der Waals surface area contributed by atoms with E-state index in [0.717, 1.165) is 21.5 Å². The van der Waals surface area contributed by atoms with Gasteiger partial charge in [-0.25, -0.2) is 15.8 Å². The van der Waals surface area contributed by atoms with E-state index in [2.05, 4.69) is 4.98 Å². The number of hydrogen-bond donors (Lipinski definition) is 2. The number of hydrogen-bond acceptors (Lipinski definition) is 8. The fraction of sp³-hybridized carbons (Fsp3) is 0.316. The zero-order valence-electron chi connectivity index (χ0n) is 15.8. The van der Waals surface area contributed by atoms with Gasteiger partial charge in [-0.05, 0) is 31.2 Å². The van der Waals surface area contributed by atoms with Crippen molar-refractivity contribution in [2.24, 2.45) is 5.84 Å². The maximum atomic E-state index is 12.9. The molecule has 1 aliphatic rings. The molecule has 1 aliphatic heterocycles. The van der Waals surface area contributed by atoms with Crippen LogP contribution in [-0.4, -0.2) is 53.6 Å². The van der Waals surface area contributed by atoms with Crippen LogP contribution in [0.4, 0.5) is 11.5 Å². The topological polar surface area (TPSA) is 111 Å². The van der Waals surface area contributed by atoms with Crippen LogP contribution in [0.2, 0.25) is 0 Å². The minimum Gasteiger partial charge on any atom is -0.396 e. The van der Waals surface area contributed by atoms with Gasteiger partial charge in [-0.2, -0.15) is 0 Å². The maximum Gasteiger partial charge on any atom is 0.264 e. The minimum atomic E-state index is 0.0293. The summed E-state index contributed by atoms with van der Waals surface area (Å²) < 4.78 is 5.42. The van der Waals surface area contributed by atoms with Crippen molar-refractivity contribution in [3.05, 3.63) is 35.3 Å². The molecule has 4 rings (SSSR count). The van der Waals surface area contributed by atoms with Crippen LogP contribution in [0.15, 0.2) is 30.5 Å². The smallest absolute Gasteiger partial charge is 0.264 e. The monoisotopic (exact) mass is 398 g/mol. The molecule has 1 fully saturated rings. The molecule has 4 N–H and O–H groups in total. The summed E-state index contributed by atoms with van der Waals surface area (Å²) in [5.41, 5.74) is 8.07. The summed E-state index contributed by atoms with van der Waals surface area (Å²) >= 11 is 1.40. The first-order valence-corrected chi connectivity index (χ1v) is 9.79. The second kappa shape index (κ2) is 7.34. The highest BCUT2D eigenvalue weighted by Crippen LogP contribution is 2.30. The van der Waals surface area contributed by atoms with E-state index in [-0.39, 0.29) is 11.9 Å². The third kappa shape index (κ3) is 3.39. The average Bonchev–Trinajstić information content (AvgIpc) is 3.10. The summed E-state index contributed by atoms with van der Waals surface area (Å²) in [5.74, 6) is 6.25. The summed E-state index contributed by atoms with van der Waals surface area (Å²) in [6, 6.07) is 7.65. The maximum absolute atomic E-state index is 12.9. The van der Waals surface area contributed by atoms with Crippen LogP contribution in [0, 0.1) is 0 Å². The second-order valence-corrected chi connectivity index (χ2v) is 7.90. The molecule has 0 aliphatic carbocycles. The lowest BCUT2D eigenvalue weighted by atomic mass is 10.1. The Morgan fingerprint density at radius 1 is 1.39 bits per heavy atom. The number of fused-ring (bicyclic) bond motifs is 1. The van der Waals surface area contributed by atoms with E-state index in [9.17, 15) is 4.79 Å². The number of carbonyl (C=O) groups is 1. The molecule has 9 heteroatoms. The fourth-order valence-corrected chi connectivity index (χ4v) is 4.25. The van der Waals surface area contributed by atoms with Gasteiger partial charge in [0, 0.05) is 30.7 Å². The van der Waals surface area contributed by atoms with Crippen LogP contribution in [0.3, 0.4) is 0 Å². The van der Waals surface area contributed by atoms with Gasteiger partial charge in [0.1, 0.15) is 4.83 Å². The molecule has 8 nitrogen and oxygen atoms in total. The number of nitrogens with two attached hydrogens (primary N) is 2. The van der Waals surface area contributed by atoms with Crippen molar-refractivity contribution in [2.45, 2.75) is 13.0 Å². The molecule has 1 saturated heterocycles. The quantitative estimate of drug-likeness (QED) is 0.513. The van der Waals surface area contributed by atoms with Gasteiger partial charge < -0.3 is 15.4 Å². The van der Waals surface area contributed by atoms with E-state index in [1.165, 1.54) is 16.3 Å². The number of anilines is 2. The van der Waals surface area contributed by atoms with E-state index < -0.39 is 0 Å². The summed E-state index contributed by atoms with van der Waals surface area (Å²) in [6.07, 6.45) is 1.69. The Morgan fingerprint density at radius 2 is 2.21 bits per heavy atom. The van der Waals surface area contributed by atoms with Gasteiger partial charge in [0.25, 0.3) is 5.91 Å². The minimum absolute atomic E-state index is 0.0293. The molecule has 3 aromatic rings. The SMILES string of the molecule is CC1COCCN1C(=O)c1cc2ccc(-c3cnc(N(C)N)c(N)c3)nc2s1. The van der Waals surface area contributed by atoms with Crippen molar-refractivity contribution in [3.63, 3.8) is 0 Å². The van der Waals surface area contributed by atoms with Gasteiger partial charge in [-0.15, -0.1) is 11.3 Å². The summed E-state index contributed by atoms with van der Waals surface area (Å²) in [6.45, 7) is 3.76. The number of carbonyl (C=O) groups excluding carboxylic acids is 1. The Kier molecular flexibility index (Phi) is 4.88. The van der Waals surface area contributed by atoms with E-state index in [0.29, 0.717) is 36.1 Å². The Morgan fingerprint density at radius 3 is 2.93 bits per heavy atom. The zero-order valence-corrected chi connectivity index (χ0v) is 16.6. The van der Waals surface area contributed by atoms with Crippen molar-refractivity contribution in [2.75, 3.05) is 37.5 Å². The molecule has 0 spiro atoms. The highest BCUT2D eigenvalue weighted by molar-refractivity contribution is 7.20. The molecule has 146 valence electrons. The lowest BCUT2D eigenvalue weighted by Crippen LogP contribution is -2.46. The number of thiophene rings is 1. The Hall–Kier alpha value is -2.75. The number of ether oxygens (including phenoxy) is 1. The molecule has 0 radical (unpaired) electrons. The van der Waals surface area contributed by atoms with E-state index >= 15 is 0 Å². The van der Waals surface area contributed by atoms with E-state index in [4.69, 9.17) is 21.3 Å². The highest BCUT2D eigenvalue weighted by atomic mass is 32.1. The molecular weight excluding hydrogens is 376 g/mol. The van der Waals surface area contributed by atoms with Crippen LogP contribution < -0.4 is 16.6 Å². The number of nitrogen functional groups attached to an aromatic ring is 1. The molecule has 4 heterocycles. The van der Waals surface area contributed by atoms with Crippen LogP contribution in [0.25, 0.3) is 21.5 Å². The first-order chi connectivity index (χ1) is 13.4. The van der Waals surface area contributed by atoms with E-state index in [1.807, 2.05) is 30.0 Å². The Labute approximate surface area is 166 Å². The van der Waals surface area contributed by atoms with Crippen molar-refractivity contribution >= 4 is 39.0 Å². The van der Waals surface area contributed by atoms with Crippen LogP contribution >= 0.6 is 11.3 Å². The molecular formula is C19H22N6O2S. The predicted molar refractivity (Wildman–Crippen MR) is 111 cm³/mol. The van der Waals surface area contributed by atoms with Crippen molar-refractivity contribution < 1.29 is 9.53 Å². The molecule has 3 aromatic heterocycles. The van der Waals surface area contributed by atoms with Crippen LogP contribution in [0.1, 0.15) is 16.6 Å². The zero-order chi connectivity index (χ0) is 19.8. The van der Waals surface area contributed by atoms with Crippen molar-refractivity contribution in [1.29, 1.82) is 0 Å². The van der Waals surface area contributed by atoms with Gasteiger partial charge in [0.05, 0.1) is 35.5 Å². The lowest BCUT2D eigenvalue weighted by Gasteiger charge is -2.32. The number of rotatable bonds is 3. The lowest BCUT2D eigenvalue weighted by molar-refractivity contribution is 0.00387. The molecule has 1 amide bonds. The normalized spacial score (nSPS) is 17.1. The van der Waals surface area contributed by atoms with Crippen LogP contribution in [0.5, 0.6) is 0 Å². The van der Waals surface area contributed by atoms with Gasteiger partial charge in [-0.3, -0.25) is 9.80 Å². The van der Waals surface area contributed by atoms with Crippen molar-refractivity contribution in [3.8, 4) is 11.3 Å². The predicted octanol–water partition coefficient (Wildman–Crippen LogP) is 2.11. The molecule has 1 unspecified atom stereocenters. The number of aromatic nitrogens is 2. The third-order valence-corrected chi connectivity index (χ3v) is 5.78. The highest BCUT2D eigenvalue weighted by Gasteiger charge is 2.26. The number of morpholine rings is 1. The second-order valence-electron chi connectivity index (χ2n) is 6.87. The largest absolute Gasteiger partial charge is 0.396 e. The summed E-state index contributed by atoms with van der Waals surface area (Å²) in [5, 5.41) is 2.32. The van der Waals surface area contributed by atoms with Gasteiger partial charge in [0.15, 0.2) is 5.82 Å². The molecule has 0 aromatic carbocycles. The number of nitrogens with zero attached hydrogens (tertiary/aromatic N) is 4. The van der Waals surface area contributed by atoms with Gasteiger partial charge in [-0.1, -0.05) is 0 Å². The summed E-state index contributed by atoms with van der Waals surface area (Å²) in [7, 11) is 1.68. The van der Waals surface area contributed by atoms with Crippen LogP contribution in [-0.2, 0) is 4.74 Å². The molecule has 0 saturated carbocycles. The molecule has 1 atom stereocenters. The standard InChI is InChI=1S/C19H22N6O2S/c1-11-10-27-6-5-25(11)19(26)16-8-12-3-4-15(23-18(12)28-16)13-7-14(20)17(22-9-13)24(2)21/h3-4,7-9,11H,5-6,10,20-21H2,1-2H3. The first-order valence-electron chi connectivity index (χ1n) is 8.97. The van der Waals surface area contributed by atoms with Gasteiger partial charge in [0.2, 0.25) is 0 Å². The third-order valence-electron chi connectivity index (χ3n) is 4.75. The number of pyridine rings is 2. The van der Waals surface area contributed by atoms with Gasteiger partial charge >= 0.3 is 0 Å². The molecule has 28 heavy (non-hydrogen) atoms. The Bertz CT molecular complexity index is 1030. The number of amides is 1. The Balaban J connectivity index is 1.65. The average molecular weight is 398 g/mol. The number of hydrazine groups is 1. The fourth-order valence-electron chi connectivity index (χ4n) is 3.26. The summed E-state index contributed by atoms with van der Waals surface area (Å²) in [4.78, 5) is 25.3. The molecule has 0 bridgehead atoms. The van der Waals surface area contributed by atoms with Crippen molar-refractivity contribution in [1.82, 2.24) is 14.9 Å². The first kappa shape index (κ1) is 18.6.